The van der Waals surface area contributed by atoms with Crippen LogP contribution in [0.4, 0.5) is 10.1 Å². The summed E-state index contributed by atoms with van der Waals surface area (Å²) in [5, 5.41) is 25.2. The molecule has 17 heavy (non-hydrogen) atoms. The van der Waals surface area contributed by atoms with Crippen molar-refractivity contribution < 1.29 is 14.6 Å². The standard InChI is InChI=1S/C11H16FN3O2/c12-8-2-1-3-9(10(8)11(13)14)15(4-6-16)5-7-17/h1-3,16-17H,4-7H2,(H3,13,14). The molecule has 0 radical (unpaired) electrons. The van der Waals surface area contributed by atoms with Crippen LogP contribution in [-0.2, 0) is 0 Å². The van der Waals surface area contributed by atoms with E-state index < -0.39 is 5.82 Å². The van der Waals surface area contributed by atoms with Crippen LogP contribution in [0.5, 0.6) is 0 Å². The molecule has 0 unspecified atom stereocenters. The fourth-order valence-electron chi connectivity index (χ4n) is 1.64. The molecule has 5 N–H and O–H groups in total. The number of rotatable bonds is 6. The van der Waals surface area contributed by atoms with E-state index >= 15 is 0 Å². The number of nitrogens with two attached hydrogens (primary N) is 1. The lowest BCUT2D eigenvalue weighted by Gasteiger charge is -2.25. The third-order valence-electron chi connectivity index (χ3n) is 2.34. The average molecular weight is 241 g/mol. The number of halogens is 1. The van der Waals surface area contributed by atoms with Crippen LogP contribution < -0.4 is 10.6 Å². The predicted molar refractivity (Wildman–Crippen MR) is 63.8 cm³/mol. The SMILES string of the molecule is N=C(N)c1c(F)cccc1N(CCO)CCO. The lowest BCUT2D eigenvalue weighted by atomic mass is 10.1. The molecule has 0 heterocycles. The highest BCUT2D eigenvalue weighted by Crippen LogP contribution is 2.22. The molecular formula is C11H16FN3O2. The van der Waals surface area contributed by atoms with Crippen molar-refractivity contribution in [1.82, 2.24) is 0 Å². The highest BCUT2D eigenvalue weighted by Gasteiger charge is 2.16. The van der Waals surface area contributed by atoms with Gasteiger partial charge < -0.3 is 20.8 Å². The number of nitrogens with one attached hydrogen (secondary N) is 1. The Kier molecular flexibility index (Phi) is 4.86. The van der Waals surface area contributed by atoms with Gasteiger partial charge in [-0.05, 0) is 12.1 Å². The topological polar surface area (TPSA) is 93.6 Å². The molecule has 0 aliphatic rings. The molecule has 94 valence electrons. The number of nitrogens with zero attached hydrogens (tertiary/aromatic N) is 1. The Morgan fingerprint density at radius 3 is 2.35 bits per heavy atom. The maximum absolute atomic E-state index is 13.6. The van der Waals surface area contributed by atoms with Gasteiger partial charge in [-0.2, -0.15) is 0 Å². The van der Waals surface area contributed by atoms with E-state index in [1.54, 1.807) is 11.0 Å². The second kappa shape index (κ2) is 6.17. The van der Waals surface area contributed by atoms with Gasteiger partial charge in [-0.25, -0.2) is 4.39 Å². The van der Waals surface area contributed by atoms with Gasteiger partial charge in [-0.1, -0.05) is 6.07 Å². The second-order valence-corrected chi connectivity index (χ2v) is 3.48. The molecule has 1 aromatic carbocycles. The third-order valence-corrected chi connectivity index (χ3v) is 2.34. The fourth-order valence-corrected chi connectivity index (χ4v) is 1.64. The monoisotopic (exact) mass is 241 g/mol. The molecule has 0 aliphatic heterocycles. The molecule has 5 nitrogen and oxygen atoms in total. The summed E-state index contributed by atoms with van der Waals surface area (Å²) in [4.78, 5) is 1.58. The molecule has 0 aromatic heterocycles. The van der Waals surface area contributed by atoms with Gasteiger partial charge in [0.05, 0.1) is 24.5 Å². The largest absolute Gasteiger partial charge is 0.395 e. The molecule has 0 saturated carbocycles. The molecule has 1 aromatic rings. The molecule has 6 heteroatoms. The van der Waals surface area contributed by atoms with Gasteiger partial charge in [0.1, 0.15) is 11.7 Å². The van der Waals surface area contributed by atoms with Gasteiger partial charge in [-0.3, -0.25) is 5.41 Å². The van der Waals surface area contributed by atoms with Gasteiger partial charge in [0.25, 0.3) is 0 Å². The number of hydrogen-bond acceptors (Lipinski definition) is 4. The number of benzene rings is 1. The first-order valence-corrected chi connectivity index (χ1v) is 5.21. The number of aliphatic hydroxyl groups is 2. The summed E-state index contributed by atoms with van der Waals surface area (Å²) in [5.74, 6) is -0.963. The zero-order valence-corrected chi connectivity index (χ0v) is 9.36. The van der Waals surface area contributed by atoms with Crippen molar-refractivity contribution in [2.75, 3.05) is 31.2 Å². The minimum atomic E-state index is -0.587. The van der Waals surface area contributed by atoms with Gasteiger partial charge in [0.15, 0.2) is 0 Å². The molecule has 0 fully saturated rings. The molecule has 0 bridgehead atoms. The first-order valence-electron chi connectivity index (χ1n) is 5.21. The van der Waals surface area contributed by atoms with Crippen molar-refractivity contribution in [2.45, 2.75) is 0 Å². The van der Waals surface area contributed by atoms with Crippen LogP contribution in [0.15, 0.2) is 18.2 Å². The molecule has 0 aliphatic carbocycles. The Hall–Kier alpha value is -1.66. The quantitative estimate of drug-likeness (QED) is 0.413. The first-order chi connectivity index (χ1) is 8.11. The summed E-state index contributed by atoms with van der Waals surface area (Å²) in [6.45, 7) is 0.219. The van der Waals surface area contributed by atoms with Gasteiger partial charge in [-0.15, -0.1) is 0 Å². The number of anilines is 1. The lowest BCUT2D eigenvalue weighted by molar-refractivity contribution is 0.281. The Labute approximate surface area is 98.8 Å². The third kappa shape index (κ3) is 3.15. The Morgan fingerprint density at radius 2 is 1.88 bits per heavy atom. The Balaban J connectivity index is 3.17. The van der Waals surface area contributed by atoms with Crippen LogP contribution in [0, 0.1) is 11.2 Å². The molecule has 0 amide bonds. The van der Waals surface area contributed by atoms with Gasteiger partial charge in [0.2, 0.25) is 0 Å². The number of amidine groups is 1. The van der Waals surface area contributed by atoms with Crippen LogP contribution in [0.2, 0.25) is 0 Å². The summed E-state index contributed by atoms with van der Waals surface area (Å²) < 4.78 is 13.6. The maximum atomic E-state index is 13.6. The number of nitrogen functional groups attached to an aromatic ring is 1. The van der Waals surface area contributed by atoms with E-state index in [0.717, 1.165) is 0 Å². The van der Waals surface area contributed by atoms with E-state index in [2.05, 4.69) is 0 Å². The van der Waals surface area contributed by atoms with Crippen LogP contribution in [0.3, 0.4) is 0 Å². The van der Waals surface area contributed by atoms with Crippen molar-refractivity contribution in [3.05, 3.63) is 29.6 Å². The summed E-state index contributed by atoms with van der Waals surface area (Å²) in [6, 6.07) is 4.32. The van der Waals surface area contributed by atoms with Crippen LogP contribution >= 0.6 is 0 Å². The van der Waals surface area contributed by atoms with Crippen molar-refractivity contribution >= 4 is 11.5 Å². The summed E-state index contributed by atoms with van der Waals surface area (Å²) in [6.07, 6.45) is 0. The van der Waals surface area contributed by atoms with Gasteiger partial charge in [0, 0.05) is 13.1 Å². The van der Waals surface area contributed by atoms with E-state index in [9.17, 15) is 4.39 Å². The first kappa shape index (κ1) is 13.4. The summed E-state index contributed by atoms with van der Waals surface area (Å²) >= 11 is 0. The normalized spacial score (nSPS) is 10.3. The number of hydrogen-bond donors (Lipinski definition) is 4. The van der Waals surface area contributed by atoms with Crippen molar-refractivity contribution in [1.29, 1.82) is 5.41 Å². The zero-order chi connectivity index (χ0) is 12.8. The van der Waals surface area contributed by atoms with Gasteiger partial charge >= 0.3 is 0 Å². The van der Waals surface area contributed by atoms with E-state index in [0.29, 0.717) is 5.69 Å². The number of aliphatic hydroxyl groups excluding tert-OH is 2. The molecule has 0 atom stereocenters. The Morgan fingerprint density at radius 1 is 1.29 bits per heavy atom. The highest BCUT2D eigenvalue weighted by molar-refractivity contribution is 6.00. The Bertz CT molecular complexity index is 392. The van der Waals surface area contributed by atoms with E-state index in [1.807, 2.05) is 0 Å². The van der Waals surface area contributed by atoms with Crippen LogP contribution in [0.1, 0.15) is 5.56 Å². The highest BCUT2D eigenvalue weighted by atomic mass is 19.1. The van der Waals surface area contributed by atoms with E-state index in [4.69, 9.17) is 21.4 Å². The smallest absolute Gasteiger partial charge is 0.136 e. The minimum Gasteiger partial charge on any atom is -0.395 e. The fraction of sp³-hybridized carbons (Fsp3) is 0.364. The average Bonchev–Trinajstić information content (AvgIpc) is 2.28. The van der Waals surface area contributed by atoms with Crippen LogP contribution in [-0.4, -0.2) is 42.4 Å². The molecule has 0 saturated heterocycles. The van der Waals surface area contributed by atoms with Crippen LogP contribution in [0.25, 0.3) is 0 Å². The summed E-state index contributed by atoms with van der Waals surface area (Å²) in [5.41, 5.74) is 5.74. The van der Waals surface area contributed by atoms with E-state index in [-0.39, 0.29) is 37.7 Å². The molecule has 0 spiro atoms. The van der Waals surface area contributed by atoms with Crippen molar-refractivity contribution in [3.8, 4) is 0 Å². The maximum Gasteiger partial charge on any atom is 0.136 e. The van der Waals surface area contributed by atoms with Crippen molar-refractivity contribution in [3.63, 3.8) is 0 Å². The molecule has 1 rings (SSSR count). The molecular weight excluding hydrogens is 225 g/mol. The van der Waals surface area contributed by atoms with Crippen molar-refractivity contribution in [2.24, 2.45) is 5.73 Å². The summed E-state index contributed by atoms with van der Waals surface area (Å²) in [7, 11) is 0. The zero-order valence-electron chi connectivity index (χ0n) is 9.36. The van der Waals surface area contributed by atoms with E-state index in [1.165, 1.54) is 12.1 Å². The lowest BCUT2D eigenvalue weighted by Crippen LogP contribution is -2.32. The minimum absolute atomic E-state index is 0.00519. The second-order valence-electron chi connectivity index (χ2n) is 3.48. The predicted octanol–water partition coefficient (Wildman–Crippen LogP) is -0.0992.